The van der Waals surface area contributed by atoms with Gasteiger partial charge in [-0.1, -0.05) is 0 Å². The Bertz CT molecular complexity index is 410. The normalized spacial score (nSPS) is 22.9. The van der Waals surface area contributed by atoms with E-state index < -0.39 is 0 Å². The maximum Gasteiger partial charge on any atom is 0.203 e. The van der Waals surface area contributed by atoms with E-state index >= 15 is 0 Å². The van der Waals surface area contributed by atoms with Crippen LogP contribution in [0.25, 0.3) is 0 Å². The number of methoxy groups -OCH3 is 3. The molecule has 1 heterocycles. The van der Waals surface area contributed by atoms with Crippen LogP contribution in [0.2, 0.25) is 0 Å². The van der Waals surface area contributed by atoms with Crippen molar-refractivity contribution in [1.82, 2.24) is 0 Å². The highest BCUT2D eigenvalue weighted by Gasteiger charge is 2.24. The molecule has 106 valence electrons. The Morgan fingerprint density at radius 3 is 2.21 bits per heavy atom. The van der Waals surface area contributed by atoms with E-state index in [0.717, 1.165) is 18.4 Å². The average Bonchev–Trinajstić information content (AvgIpc) is 2.45. The van der Waals surface area contributed by atoms with E-state index in [1.807, 2.05) is 12.1 Å². The highest BCUT2D eigenvalue weighted by Crippen LogP contribution is 2.41. The molecule has 0 radical (unpaired) electrons. The first-order valence-corrected chi connectivity index (χ1v) is 6.36. The second-order valence-electron chi connectivity index (χ2n) is 4.60. The lowest BCUT2D eigenvalue weighted by Crippen LogP contribution is -2.30. The van der Waals surface area contributed by atoms with Crippen molar-refractivity contribution in [2.75, 3.05) is 27.9 Å². The maximum atomic E-state index is 5.99. The minimum absolute atomic E-state index is 0.0162. The summed E-state index contributed by atoms with van der Waals surface area (Å²) in [6.45, 7) is 0.683. The van der Waals surface area contributed by atoms with Gasteiger partial charge in [-0.3, -0.25) is 0 Å². The zero-order valence-electron chi connectivity index (χ0n) is 11.6. The number of nitrogens with two attached hydrogens (primary N) is 1. The van der Waals surface area contributed by atoms with Gasteiger partial charge in [-0.2, -0.15) is 0 Å². The molecule has 0 aromatic heterocycles. The van der Waals surface area contributed by atoms with Gasteiger partial charge in [0, 0.05) is 12.6 Å². The number of rotatable bonds is 4. The summed E-state index contributed by atoms with van der Waals surface area (Å²) < 4.78 is 21.8. The van der Waals surface area contributed by atoms with Gasteiger partial charge < -0.3 is 24.7 Å². The van der Waals surface area contributed by atoms with Gasteiger partial charge in [-0.25, -0.2) is 0 Å². The van der Waals surface area contributed by atoms with Gasteiger partial charge in [0.15, 0.2) is 11.5 Å². The Balaban J connectivity index is 2.35. The van der Waals surface area contributed by atoms with Crippen molar-refractivity contribution in [3.63, 3.8) is 0 Å². The molecule has 0 saturated carbocycles. The van der Waals surface area contributed by atoms with E-state index in [-0.39, 0.29) is 12.1 Å². The molecule has 1 fully saturated rings. The van der Waals surface area contributed by atoms with Crippen molar-refractivity contribution in [2.24, 2.45) is 5.73 Å². The molecule has 5 nitrogen and oxygen atoms in total. The maximum absolute atomic E-state index is 5.99. The van der Waals surface area contributed by atoms with Gasteiger partial charge in [0.25, 0.3) is 0 Å². The predicted molar refractivity (Wildman–Crippen MR) is 72.0 cm³/mol. The lowest BCUT2D eigenvalue weighted by atomic mass is 9.97. The van der Waals surface area contributed by atoms with Crippen LogP contribution in [0.15, 0.2) is 12.1 Å². The van der Waals surface area contributed by atoms with Crippen molar-refractivity contribution in [3.8, 4) is 17.2 Å². The summed E-state index contributed by atoms with van der Waals surface area (Å²) in [5.41, 5.74) is 7.00. The molecule has 2 unspecified atom stereocenters. The summed E-state index contributed by atoms with van der Waals surface area (Å²) >= 11 is 0. The minimum Gasteiger partial charge on any atom is -0.493 e. The molecular weight excluding hydrogens is 246 g/mol. The lowest BCUT2D eigenvalue weighted by molar-refractivity contribution is 0.00642. The fourth-order valence-electron chi connectivity index (χ4n) is 2.34. The van der Waals surface area contributed by atoms with E-state index in [9.17, 15) is 0 Å². The van der Waals surface area contributed by atoms with Crippen LogP contribution in [0, 0.1) is 0 Å². The van der Waals surface area contributed by atoms with Gasteiger partial charge in [0.1, 0.15) is 0 Å². The zero-order valence-corrected chi connectivity index (χ0v) is 11.6. The first-order chi connectivity index (χ1) is 9.19. The zero-order chi connectivity index (χ0) is 13.8. The van der Waals surface area contributed by atoms with Gasteiger partial charge >= 0.3 is 0 Å². The van der Waals surface area contributed by atoms with Crippen LogP contribution < -0.4 is 19.9 Å². The molecule has 1 aromatic carbocycles. The van der Waals surface area contributed by atoms with Crippen LogP contribution >= 0.6 is 0 Å². The van der Waals surface area contributed by atoms with Crippen molar-refractivity contribution >= 4 is 0 Å². The molecular formula is C14H21NO4. The molecule has 0 spiro atoms. The van der Waals surface area contributed by atoms with Crippen LogP contribution in [0.3, 0.4) is 0 Å². The van der Waals surface area contributed by atoms with Crippen LogP contribution in [0.5, 0.6) is 17.2 Å². The van der Waals surface area contributed by atoms with Crippen LogP contribution in [0.4, 0.5) is 0 Å². The van der Waals surface area contributed by atoms with Gasteiger partial charge in [-0.05, 0) is 30.5 Å². The minimum atomic E-state index is -0.0162. The molecule has 1 saturated heterocycles. The Morgan fingerprint density at radius 1 is 1.11 bits per heavy atom. The van der Waals surface area contributed by atoms with E-state index in [4.69, 9.17) is 24.7 Å². The fraction of sp³-hybridized carbons (Fsp3) is 0.571. The molecule has 2 N–H and O–H groups in total. The van der Waals surface area contributed by atoms with Crippen molar-refractivity contribution < 1.29 is 18.9 Å². The number of hydrogen-bond acceptors (Lipinski definition) is 5. The van der Waals surface area contributed by atoms with Crippen molar-refractivity contribution in [3.05, 3.63) is 17.7 Å². The van der Waals surface area contributed by atoms with Gasteiger partial charge in [-0.15, -0.1) is 0 Å². The molecule has 19 heavy (non-hydrogen) atoms. The summed E-state index contributed by atoms with van der Waals surface area (Å²) in [5, 5.41) is 0. The van der Waals surface area contributed by atoms with Gasteiger partial charge in [0.2, 0.25) is 5.75 Å². The molecule has 1 aliphatic rings. The first kappa shape index (κ1) is 14.0. The molecule has 0 aliphatic carbocycles. The quantitative estimate of drug-likeness (QED) is 0.902. The molecule has 1 aromatic rings. The van der Waals surface area contributed by atoms with Gasteiger partial charge in [0.05, 0.1) is 27.4 Å². The van der Waals surface area contributed by atoms with E-state index in [1.165, 1.54) is 0 Å². The Labute approximate surface area is 113 Å². The van der Waals surface area contributed by atoms with Crippen LogP contribution in [-0.4, -0.2) is 34.0 Å². The third-order valence-corrected chi connectivity index (χ3v) is 3.38. The molecule has 0 amide bonds. The molecule has 1 aliphatic heterocycles. The smallest absolute Gasteiger partial charge is 0.203 e. The molecule has 2 atom stereocenters. The number of benzene rings is 1. The molecule has 0 bridgehead atoms. The van der Waals surface area contributed by atoms with Crippen LogP contribution in [-0.2, 0) is 4.74 Å². The second-order valence-corrected chi connectivity index (χ2v) is 4.60. The predicted octanol–water partition coefficient (Wildman–Crippen LogP) is 1.89. The topological polar surface area (TPSA) is 62.9 Å². The SMILES string of the molecule is COc1cc(C2CC(N)CCO2)cc(OC)c1OC. The Morgan fingerprint density at radius 2 is 1.74 bits per heavy atom. The Kier molecular flexibility index (Phi) is 4.50. The van der Waals surface area contributed by atoms with Crippen molar-refractivity contribution in [2.45, 2.75) is 25.0 Å². The summed E-state index contributed by atoms with van der Waals surface area (Å²) in [5.74, 6) is 1.87. The molecule has 2 rings (SSSR count). The monoisotopic (exact) mass is 267 g/mol. The second kappa shape index (κ2) is 6.12. The highest BCUT2D eigenvalue weighted by atomic mass is 16.5. The average molecular weight is 267 g/mol. The summed E-state index contributed by atoms with van der Waals surface area (Å²) in [6, 6.07) is 4.02. The summed E-state index contributed by atoms with van der Waals surface area (Å²) in [6.07, 6.45) is 1.69. The van der Waals surface area contributed by atoms with E-state index in [1.54, 1.807) is 21.3 Å². The Hall–Kier alpha value is -1.46. The summed E-state index contributed by atoms with van der Waals surface area (Å²) in [7, 11) is 4.80. The lowest BCUT2D eigenvalue weighted by Gasteiger charge is -2.28. The largest absolute Gasteiger partial charge is 0.493 e. The van der Waals surface area contributed by atoms with E-state index in [2.05, 4.69) is 0 Å². The number of hydrogen-bond donors (Lipinski definition) is 1. The first-order valence-electron chi connectivity index (χ1n) is 6.36. The summed E-state index contributed by atoms with van der Waals surface area (Å²) in [4.78, 5) is 0. The third-order valence-electron chi connectivity index (χ3n) is 3.38. The number of ether oxygens (including phenoxy) is 4. The van der Waals surface area contributed by atoms with E-state index in [0.29, 0.717) is 23.9 Å². The van der Waals surface area contributed by atoms with Crippen LogP contribution in [0.1, 0.15) is 24.5 Å². The standard InChI is InChI=1S/C14H21NO4/c1-16-12-6-9(7-13(17-2)14(12)18-3)11-8-10(15)4-5-19-11/h6-7,10-11H,4-5,8,15H2,1-3H3. The fourth-order valence-corrected chi connectivity index (χ4v) is 2.34. The highest BCUT2D eigenvalue weighted by molar-refractivity contribution is 5.54. The van der Waals surface area contributed by atoms with Crippen molar-refractivity contribution in [1.29, 1.82) is 0 Å². The molecule has 5 heteroatoms. The third kappa shape index (κ3) is 2.93.